The summed E-state index contributed by atoms with van der Waals surface area (Å²) in [6.07, 6.45) is 3.62. The molecule has 0 aliphatic carbocycles. The fourth-order valence-corrected chi connectivity index (χ4v) is 4.11. The lowest BCUT2D eigenvalue weighted by molar-refractivity contribution is 0.0601. The number of nitrogens with one attached hydrogen (secondary N) is 2. The van der Waals surface area contributed by atoms with Gasteiger partial charge in [-0.2, -0.15) is 5.10 Å². The van der Waals surface area contributed by atoms with E-state index in [9.17, 15) is 9.59 Å². The van der Waals surface area contributed by atoms with Crippen LogP contribution in [0.5, 0.6) is 0 Å². The van der Waals surface area contributed by atoms with E-state index in [1.54, 1.807) is 22.7 Å². The van der Waals surface area contributed by atoms with Crippen LogP contribution in [0.25, 0.3) is 0 Å². The summed E-state index contributed by atoms with van der Waals surface area (Å²) in [5, 5.41) is 11.0. The second-order valence-electron chi connectivity index (χ2n) is 6.06. The van der Waals surface area contributed by atoms with Crippen molar-refractivity contribution in [3.63, 3.8) is 0 Å². The highest BCUT2D eigenvalue weighted by Gasteiger charge is 2.27. The zero-order chi connectivity index (χ0) is 20.8. The van der Waals surface area contributed by atoms with Gasteiger partial charge < -0.3 is 20.3 Å². The average Bonchev–Trinajstić information content (AvgIpc) is 3.23. The molecule has 0 bridgehead atoms. The molecule has 2 N–H and O–H groups in total. The lowest BCUT2D eigenvalue weighted by Gasteiger charge is -2.17. The topological polar surface area (TPSA) is 88.5 Å². The maximum atomic E-state index is 12.8. The Morgan fingerprint density at radius 1 is 1.36 bits per heavy atom. The van der Waals surface area contributed by atoms with Crippen molar-refractivity contribution in [3.05, 3.63) is 34.0 Å². The molecule has 0 aliphatic rings. The summed E-state index contributed by atoms with van der Waals surface area (Å²) in [5.74, 6) is -0.621. The number of amides is 1. The summed E-state index contributed by atoms with van der Waals surface area (Å²) in [6, 6.07) is 0. The Morgan fingerprint density at radius 2 is 2.04 bits per heavy atom. The first-order chi connectivity index (χ1) is 13.3. The third-order valence-electron chi connectivity index (χ3n) is 4.22. The van der Waals surface area contributed by atoms with Gasteiger partial charge in [0.05, 0.1) is 23.7 Å². The molecular formula is C18H25N5O3S2. The van der Waals surface area contributed by atoms with E-state index in [0.717, 1.165) is 5.56 Å². The number of carbonyl (C=O) groups excluding carboxylic acids is 2. The second-order valence-corrected chi connectivity index (χ2v) is 7.49. The van der Waals surface area contributed by atoms with Gasteiger partial charge in [-0.05, 0) is 38.6 Å². The molecule has 0 radical (unpaired) electrons. The number of hydrogen-bond acceptors (Lipinski definition) is 6. The number of esters is 1. The van der Waals surface area contributed by atoms with E-state index >= 15 is 0 Å². The molecule has 0 fully saturated rings. The molecule has 2 aromatic rings. The normalized spacial score (nSPS) is 10.5. The lowest BCUT2D eigenvalue weighted by atomic mass is 10.1. The third-order valence-corrected chi connectivity index (χ3v) is 5.66. The molecule has 0 aromatic carbocycles. The quantitative estimate of drug-likeness (QED) is 0.523. The summed E-state index contributed by atoms with van der Waals surface area (Å²) in [6.45, 7) is 7.26. The van der Waals surface area contributed by atoms with Gasteiger partial charge >= 0.3 is 5.97 Å². The van der Waals surface area contributed by atoms with Gasteiger partial charge in [0.2, 0.25) is 0 Å². The predicted octanol–water partition coefficient (Wildman–Crippen LogP) is 2.55. The first-order valence-electron chi connectivity index (χ1n) is 8.85. The van der Waals surface area contributed by atoms with Crippen molar-refractivity contribution in [2.75, 3.05) is 25.5 Å². The van der Waals surface area contributed by atoms with Gasteiger partial charge in [0.15, 0.2) is 5.11 Å². The summed E-state index contributed by atoms with van der Waals surface area (Å²) in [4.78, 5) is 27.3. The van der Waals surface area contributed by atoms with Gasteiger partial charge in [0, 0.05) is 38.4 Å². The number of nitrogens with zero attached hydrogens (tertiary/aromatic N) is 3. The van der Waals surface area contributed by atoms with Gasteiger partial charge in [-0.15, -0.1) is 11.3 Å². The fourth-order valence-electron chi connectivity index (χ4n) is 2.70. The molecule has 8 nitrogen and oxygen atoms in total. The van der Waals surface area contributed by atoms with Gasteiger partial charge in [0.25, 0.3) is 5.91 Å². The largest absolute Gasteiger partial charge is 0.465 e. The fraction of sp³-hybridized carbons (Fsp3) is 0.444. The number of ether oxygens (including phenoxy) is 1. The van der Waals surface area contributed by atoms with Crippen LogP contribution < -0.4 is 10.6 Å². The predicted molar refractivity (Wildman–Crippen MR) is 114 cm³/mol. The van der Waals surface area contributed by atoms with Crippen molar-refractivity contribution >= 4 is 45.5 Å². The SMILES string of the molecule is CCN(CC)C(=O)c1sc(NC(=S)NCc2cnn(C)c2)c(C(=O)OC)c1C. The van der Waals surface area contributed by atoms with Crippen LogP contribution in [0.1, 0.15) is 45.0 Å². The van der Waals surface area contributed by atoms with Crippen LogP contribution in [0.4, 0.5) is 5.00 Å². The minimum atomic E-state index is -0.509. The van der Waals surface area contributed by atoms with E-state index in [0.29, 0.717) is 45.8 Å². The molecule has 0 unspecified atom stereocenters. The molecule has 0 atom stereocenters. The Kier molecular flexibility index (Phi) is 7.53. The van der Waals surface area contributed by atoms with E-state index in [1.165, 1.54) is 18.4 Å². The highest BCUT2D eigenvalue weighted by molar-refractivity contribution is 7.80. The van der Waals surface area contributed by atoms with Crippen LogP contribution in [0.2, 0.25) is 0 Å². The number of hydrogen-bond donors (Lipinski definition) is 2. The molecule has 10 heteroatoms. The minimum absolute atomic E-state index is 0.111. The van der Waals surface area contributed by atoms with Gasteiger partial charge in [0.1, 0.15) is 5.00 Å². The monoisotopic (exact) mass is 423 g/mol. The van der Waals surface area contributed by atoms with Crippen molar-refractivity contribution in [1.82, 2.24) is 20.0 Å². The van der Waals surface area contributed by atoms with Gasteiger partial charge in [-0.25, -0.2) is 4.79 Å². The first kappa shape index (κ1) is 21.8. The van der Waals surface area contributed by atoms with Crippen LogP contribution in [-0.4, -0.2) is 51.9 Å². The van der Waals surface area contributed by atoms with Gasteiger partial charge in [-0.1, -0.05) is 0 Å². The highest BCUT2D eigenvalue weighted by Crippen LogP contribution is 2.34. The summed E-state index contributed by atoms with van der Waals surface area (Å²) in [7, 11) is 3.15. The lowest BCUT2D eigenvalue weighted by Crippen LogP contribution is -2.30. The molecule has 2 aromatic heterocycles. The Labute approximate surface area is 173 Å². The van der Waals surface area contributed by atoms with Crippen LogP contribution in [-0.2, 0) is 18.3 Å². The van der Waals surface area contributed by atoms with E-state index in [-0.39, 0.29) is 5.91 Å². The maximum absolute atomic E-state index is 12.8. The van der Waals surface area contributed by atoms with E-state index in [1.807, 2.05) is 27.1 Å². The molecular weight excluding hydrogens is 398 g/mol. The average molecular weight is 424 g/mol. The number of anilines is 1. The molecule has 152 valence electrons. The van der Waals surface area contributed by atoms with Crippen LogP contribution in [0.15, 0.2) is 12.4 Å². The number of thiophene rings is 1. The molecule has 28 heavy (non-hydrogen) atoms. The highest BCUT2D eigenvalue weighted by atomic mass is 32.1. The molecule has 2 rings (SSSR count). The number of rotatable bonds is 7. The summed E-state index contributed by atoms with van der Waals surface area (Å²) < 4.78 is 6.61. The Balaban J connectivity index is 2.23. The second kappa shape index (κ2) is 9.65. The standard InChI is InChI=1S/C18H25N5O3S2/c1-6-23(7-2)16(24)14-11(3)13(17(25)26-5)15(28-14)21-18(27)19-8-12-9-20-22(4)10-12/h9-10H,6-8H2,1-5H3,(H2,19,21,27). The van der Waals surface area contributed by atoms with Crippen LogP contribution in [0, 0.1) is 6.92 Å². The summed E-state index contributed by atoms with van der Waals surface area (Å²) >= 11 is 6.55. The Morgan fingerprint density at radius 3 is 2.57 bits per heavy atom. The van der Waals surface area contributed by atoms with Crippen LogP contribution in [0.3, 0.4) is 0 Å². The smallest absolute Gasteiger partial charge is 0.341 e. The van der Waals surface area contributed by atoms with E-state index < -0.39 is 5.97 Å². The number of carbonyl (C=O) groups is 2. The minimum Gasteiger partial charge on any atom is -0.465 e. The van der Waals surface area contributed by atoms with Crippen LogP contribution >= 0.6 is 23.6 Å². The molecule has 0 aliphatic heterocycles. The molecule has 2 heterocycles. The number of aryl methyl sites for hydroxylation is 1. The van der Waals surface area contributed by atoms with Crippen molar-refractivity contribution < 1.29 is 14.3 Å². The Hall–Kier alpha value is -2.46. The third kappa shape index (κ3) is 4.87. The van der Waals surface area contributed by atoms with Gasteiger partial charge in [-0.3, -0.25) is 9.48 Å². The first-order valence-corrected chi connectivity index (χ1v) is 10.1. The van der Waals surface area contributed by atoms with E-state index in [4.69, 9.17) is 17.0 Å². The number of methoxy groups -OCH3 is 1. The number of thiocarbonyl (C=S) groups is 1. The summed E-state index contributed by atoms with van der Waals surface area (Å²) in [5.41, 5.74) is 1.89. The molecule has 0 saturated heterocycles. The van der Waals surface area contributed by atoms with Crippen molar-refractivity contribution in [1.29, 1.82) is 0 Å². The van der Waals surface area contributed by atoms with Crippen molar-refractivity contribution in [3.8, 4) is 0 Å². The van der Waals surface area contributed by atoms with Crippen molar-refractivity contribution in [2.24, 2.45) is 7.05 Å². The zero-order valence-electron chi connectivity index (χ0n) is 16.7. The van der Waals surface area contributed by atoms with Crippen molar-refractivity contribution in [2.45, 2.75) is 27.3 Å². The zero-order valence-corrected chi connectivity index (χ0v) is 18.3. The van der Waals surface area contributed by atoms with E-state index in [2.05, 4.69) is 15.7 Å². The molecule has 0 spiro atoms. The molecule has 0 saturated carbocycles. The molecule has 1 amide bonds. The maximum Gasteiger partial charge on any atom is 0.341 e. The number of aromatic nitrogens is 2. The Bertz CT molecular complexity index is 871.